The van der Waals surface area contributed by atoms with Crippen molar-refractivity contribution in [3.63, 3.8) is 0 Å². The monoisotopic (exact) mass is 399 g/mol. The van der Waals surface area contributed by atoms with Gasteiger partial charge in [0, 0.05) is 13.1 Å². The van der Waals surface area contributed by atoms with Crippen LogP contribution < -0.4 is 11.1 Å². The van der Waals surface area contributed by atoms with Crippen LogP contribution in [0.1, 0.15) is 16.9 Å². The molecule has 27 heavy (non-hydrogen) atoms. The summed E-state index contributed by atoms with van der Waals surface area (Å²) in [5.74, 6) is 5.40. The third-order valence-electron chi connectivity index (χ3n) is 4.58. The summed E-state index contributed by atoms with van der Waals surface area (Å²) in [7, 11) is 1.87. The predicted octanol–water partition coefficient (Wildman–Crippen LogP) is 3.77. The van der Waals surface area contributed by atoms with Crippen LogP contribution in [0.4, 0.5) is 23.2 Å². The van der Waals surface area contributed by atoms with E-state index >= 15 is 0 Å². The second-order valence-electron chi connectivity index (χ2n) is 6.71. The van der Waals surface area contributed by atoms with Gasteiger partial charge in [-0.1, -0.05) is 24.0 Å². The van der Waals surface area contributed by atoms with Crippen LogP contribution in [0.25, 0.3) is 10.1 Å². The van der Waals surface area contributed by atoms with Gasteiger partial charge in [0.05, 0.1) is 34.3 Å². The molecular weight excluding hydrogens is 378 g/mol. The van der Waals surface area contributed by atoms with Crippen molar-refractivity contribution in [2.24, 2.45) is 5.73 Å². The minimum atomic E-state index is -4.34. The van der Waals surface area contributed by atoms with Crippen molar-refractivity contribution in [2.45, 2.75) is 31.2 Å². The fourth-order valence-corrected chi connectivity index (χ4v) is 4.48. The van der Waals surface area contributed by atoms with Crippen LogP contribution in [-0.2, 0) is 6.42 Å². The highest BCUT2D eigenvalue weighted by Crippen LogP contribution is 2.39. The largest absolute Gasteiger partial charge is 0.393 e. The lowest BCUT2D eigenvalue weighted by atomic mass is 10.0. The first-order chi connectivity index (χ1) is 12.8. The first kappa shape index (κ1) is 19.9. The maximum Gasteiger partial charge on any atom is 0.393 e. The van der Waals surface area contributed by atoms with Gasteiger partial charge in [0.25, 0.3) is 0 Å². The van der Waals surface area contributed by atoms with Crippen LogP contribution in [0.15, 0.2) is 18.2 Å². The molecule has 2 heterocycles. The Bertz CT molecular complexity index is 865. The number of piperidine rings is 1. The van der Waals surface area contributed by atoms with Crippen LogP contribution in [-0.4, -0.2) is 50.0 Å². The molecule has 0 saturated carbocycles. The van der Waals surface area contributed by atoms with Crippen molar-refractivity contribution in [1.29, 1.82) is 0 Å². The van der Waals surface area contributed by atoms with E-state index in [1.807, 2.05) is 11.9 Å². The van der Waals surface area contributed by atoms with Gasteiger partial charge in [-0.25, -0.2) is 4.39 Å². The fraction of sp³-hybridized carbons (Fsp3) is 0.474. The molecular formula is C19H21F4N3S. The summed E-state index contributed by atoms with van der Waals surface area (Å²) in [5.41, 5.74) is 6.19. The van der Waals surface area contributed by atoms with Gasteiger partial charge in [0.1, 0.15) is 6.17 Å². The van der Waals surface area contributed by atoms with Gasteiger partial charge in [-0.2, -0.15) is 13.2 Å². The Morgan fingerprint density at radius 1 is 1.37 bits per heavy atom. The molecule has 0 spiro atoms. The highest BCUT2D eigenvalue weighted by atomic mass is 32.1. The van der Waals surface area contributed by atoms with E-state index in [1.165, 1.54) is 11.3 Å². The van der Waals surface area contributed by atoms with E-state index in [0.29, 0.717) is 33.6 Å². The number of hydrogen-bond donors (Lipinski definition) is 2. The topological polar surface area (TPSA) is 41.3 Å². The van der Waals surface area contributed by atoms with E-state index in [4.69, 9.17) is 5.73 Å². The van der Waals surface area contributed by atoms with Crippen molar-refractivity contribution in [2.75, 3.05) is 32.0 Å². The zero-order valence-corrected chi connectivity index (χ0v) is 15.7. The lowest BCUT2D eigenvalue weighted by Gasteiger charge is -2.33. The summed E-state index contributed by atoms with van der Waals surface area (Å²) >= 11 is 1.20. The number of rotatable bonds is 3. The number of benzene rings is 1. The maximum atomic E-state index is 14.4. The molecule has 1 fully saturated rings. The van der Waals surface area contributed by atoms with Crippen molar-refractivity contribution in [3.8, 4) is 11.8 Å². The lowest BCUT2D eigenvalue weighted by Crippen LogP contribution is -2.46. The zero-order chi connectivity index (χ0) is 19.6. The summed E-state index contributed by atoms with van der Waals surface area (Å²) in [5, 5.41) is 3.71. The second kappa shape index (κ2) is 8.05. The first-order valence-corrected chi connectivity index (χ1v) is 9.49. The molecule has 146 valence electrons. The van der Waals surface area contributed by atoms with E-state index < -0.39 is 18.8 Å². The molecule has 1 aromatic heterocycles. The Balaban J connectivity index is 2.00. The number of nitrogens with one attached hydrogen (secondary N) is 1. The SMILES string of the molecule is CN1CC[C@@H](Nc2cccc3c(CC(F)(F)F)c(C#CCN)sc23)[C@@H](F)C1. The van der Waals surface area contributed by atoms with E-state index in [0.717, 1.165) is 6.54 Å². The number of thiophene rings is 1. The first-order valence-electron chi connectivity index (χ1n) is 8.67. The molecule has 1 aromatic carbocycles. The van der Waals surface area contributed by atoms with Crippen molar-refractivity contribution in [3.05, 3.63) is 28.6 Å². The molecule has 3 nitrogen and oxygen atoms in total. The summed E-state index contributed by atoms with van der Waals surface area (Å²) in [6.07, 6.45) is -5.79. The molecule has 3 rings (SSSR count). The Morgan fingerprint density at radius 2 is 2.15 bits per heavy atom. The number of likely N-dealkylation sites (tertiary alicyclic amines) is 1. The number of anilines is 1. The number of fused-ring (bicyclic) bond motifs is 1. The molecule has 8 heteroatoms. The number of halogens is 4. The van der Waals surface area contributed by atoms with E-state index in [2.05, 4.69) is 17.2 Å². The van der Waals surface area contributed by atoms with Gasteiger partial charge in [-0.3, -0.25) is 0 Å². The molecule has 2 atom stereocenters. The van der Waals surface area contributed by atoms with Gasteiger partial charge < -0.3 is 16.0 Å². The van der Waals surface area contributed by atoms with Crippen LogP contribution in [0.3, 0.4) is 0 Å². The van der Waals surface area contributed by atoms with Gasteiger partial charge in [0.15, 0.2) is 0 Å². The van der Waals surface area contributed by atoms with Crippen LogP contribution in [0, 0.1) is 11.8 Å². The maximum absolute atomic E-state index is 14.4. The van der Waals surface area contributed by atoms with Gasteiger partial charge in [0.2, 0.25) is 0 Å². The second-order valence-corrected chi connectivity index (χ2v) is 7.73. The van der Waals surface area contributed by atoms with Crippen molar-refractivity contribution >= 4 is 27.1 Å². The number of alkyl halides is 4. The summed E-state index contributed by atoms with van der Waals surface area (Å²) in [4.78, 5) is 2.29. The average Bonchev–Trinajstić information content (AvgIpc) is 2.92. The third-order valence-corrected chi connectivity index (χ3v) is 5.78. The smallest absolute Gasteiger partial charge is 0.378 e. The van der Waals surface area contributed by atoms with E-state index in [-0.39, 0.29) is 18.2 Å². The zero-order valence-electron chi connectivity index (χ0n) is 14.9. The van der Waals surface area contributed by atoms with Gasteiger partial charge >= 0.3 is 6.18 Å². The molecule has 1 aliphatic rings. The molecule has 0 radical (unpaired) electrons. The molecule has 0 amide bonds. The predicted molar refractivity (Wildman–Crippen MR) is 102 cm³/mol. The number of hydrogen-bond acceptors (Lipinski definition) is 4. The minimum Gasteiger partial charge on any atom is -0.378 e. The van der Waals surface area contributed by atoms with E-state index in [9.17, 15) is 17.6 Å². The molecule has 1 aliphatic heterocycles. The highest BCUT2D eigenvalue weighted by molar-refractivity contribution is 7.20. The molecule has 0 unspecified atom stereocenters. The van der Waals surface area contributed by atoms with Crippen LogP contribution >= 0.6 is 11.3 Å². The van der Waals surface area contributed by atoms with Crippen LogP contribution in [0.2, 0.25) is 0 Å². The molecule has 2 aromatic rings. The van der Waals surface area contributed by atoms with Gasteiger partial charge in [-0.15, -0.1) is 11.3 Å². The quantitative estimate of drug-likeness (QED) is 0.610. The summed E-state index contributed by atoms with van der Waals surface area (Å²) in [6, 6.07) is 4.77. The normalized spacial score (nSPS) is 21.1. The number of nitrogens with two attached hydrogens (primary N) is 1. The highest BCUT2D eigenvalue weighted by Gasteiger charge is 2.32. The minimum absolute atomic E-state index is 0.0733. The van der Waals surface area contributed by atoms with Crippen LogP contribution in [0.5, 0.6) is 0 Å². The van der Waals surface area contributed by atoms with Crippen molar-refractivity contribution < 1.29 is 17.6 Å². The molecule has 0 aliphatic carbocycles. The Kier molecular flexibility index (Phi) is 5.94. The number of nitrogens with zero attached hydrogens (tertiary/aromatic N) is 1. The Labute approximate surface area is 159 Å². The fourth-order valence-electron chi connectivity index (χ4n) is 3.31. The van der Waals surface area contributed by atoms with Gasteiger partial charge in [-0.05, 0) is 30.5 Å². The summed E-state index contributed by atoms with van der Waals surface area (Å²) in [6.45, 7) is 1.18. The third kappa shape index (κ3) is 4.72. The molecule has 0 bridgehead atoms. The Hall–Kier alpha value is -1.82. The molecule has 3 N–H and O–H groups in total. The summed E-state index contributed by atoms with van der Waals surface area (Å²) < 4.78 is 54.3. The average molecular weight is 399 g/mol. The van der Waals surface area contributed by atoms with Crippen molar-refractivity contribution in [1.82, 2.24) is 4.90 Å². The Morgan fingerprint density at radius 3 is 2.81 bits per heavy atom. The lowest BCUT2D eigenvalue weighted by molar-refractivity contribution is -0.126. The molecule has 1 saturated heterocycles. The standard InChI is InChI=1S/C19H21F4N3S/c1-26-9-7-15(14(20)11-26)25-16-5-2-4-12-13(10-19(21,22)23)17(6-3-8-24)27-18(12)16/h2,4-5,14-15,25H,7-11,24H2,1H3/t14-,15+/m0/s1. The van der Waals surface area contributed by atoms with E-state index in [1.54, 1.807) is 18.2 Å².